The van der Waals surface area contributed by atoms with Crippen molar-refractivity contribution in [3.8, 4) is 0 Å². The molecule has 2 atom stereocenters. The van der Waals surface area contributed by atoms with E-state index in [4.69, 9.17) is 9.47 Å². The summed E-state index contributed by atoms with van der Waals surface area (Å²) in [5, 5.41) is 5.63. The molecule has 84 valence electrons. The molecule has 0 aromatic rings. The maximum Gasteiger partial charge on any atom is 0.237 e. The number of carbonyl (C=O) groups excluding carboxylic acids is 1. The van der Waals surface area contributed by atoms with E-state index in [1.54, 1.807) is 28.2 Å². The molecule has 0 saturated carbocycles. The Morgan fingerprint density at radius 1 is 1.21 bits per heavy atom. The maximum absolute atomic E-state index is 11.4. The number of hydrogen-bond acceptors (Lipinski definition) is 4. The van der Waals surface area contributed by atoms with Crippen LogP contribution in [0.3, 0.4) is 0 Å². The van der Waals surface area contributed by atoms with Gasteiger partial charge in [-0.25, -0.2) is 0 Å². The highest BCUT2D eigenvalue weighted by atomic mass is 16.7. The molecule has 2 N–H and O–H groups in total. The van der Waals surface area contributed by atoms with Crippen LogP contribution in [0, 0.1) is 0 Å². The molecule has 0 spiro atoms. The molecule has 0 fully saturated rings. The van der Waals surface area contributed by atoms with Gasteiger partial charge < -0.3 is 20.1 Å². The van der Waals surface area contributed by atoms with Crippen LogP contribution in [0.1, 0.15) is 13.8 Å². The first-order valence-electron chi connectivity index (χ1n) is 4.60. The van der Waals surface area contributed by atoms with Crippen LogP contribution in [0.2, 0.25) is 0 Å². The maximum atomic E-state index is 11.4. The second kappa shape index (κ2) is 6.75. The first-order valence-corrected chi connectivity index (χ1v) is 4.60. The monoisotopic (exact) mass is 204 g/mol. The fourth-order valence-corrected chi connectivity index (χ4v) is 1.05. The first-order chi connectivity index (χ1) is 6.56. The highest BCUT2D eigenvalue weighted by molar-refractivity contribution is 5.81. The fraction of sp³-hybridized carbons (Fsp3) is 0.889. The predicted molar refractivity (Wildman–Crippen MR) is 53.9 cm³/mol. The van der Waals surface area contributed by atoms with Crippen LogP contribution in [-0.2, 0) is 14.3 Å². The van der Waals surface area contributed by atoms with Crippen molar-refractivity contribution in [2.75, 3.05) is 21.3 Å². The fourth-order valence-electron chi connectivity index (χ4n) is 1.05. The molecule has 2 unspecified atom stereocenters. The molecule has 0 heterocycles. The lowest BCUT2D eigenvalue weighted by molar-refractivity contribution is -0.136. The van der Waals surface area contributed by atoms with Crippen LogP contribution >= 0.6 is 0 Å². The molecular formula is C9H20N2O3. The first kappa shape index (κ1) is 13.4. The van der Waals surface area contributed by atoms with Gasteiger partial charge in [-0.05, 0) is 20.9 Å². The standard InChI is InChI=1S/C9H20N2O3/c1-6(10-3)8(12)11-7(2)9(13-4)14-5/h6-7,9-10H,1-5H3,(H,11,12). The van der Waals surface area contributed by atoms with E-state index in [2.05, 4.69) is 10.6 Å². The van der Waals surface area contributed by atoms with Crippen molar-refractivity contribution in [3.63, 3.8) is 0 Å². The van der Waals surface area contributed by atoms with Gasteiger partial charge in [0.25, 0.3) is 0 Å². The molecule has 0 rings (SSSR count). The van der Waals surface area contributed by atoms with Crippen LogP contribution in [0.25, 0.3) is 0 Å². The lowest BCUT2D eigenvalue weighted by atomic mass is 10.2. The van der Waals surface area contributed by atoms with Crippen molar-refractivity contribution < 1.29 is 14.3 Å². The van der Waals surface area contributed by atoms with Gasteiger partial charge in [0.15, 0.2) is 6.29 Å². The third kappa shape index (κ3) is 4.04. The van der Waals surface area contributed by atoms with Gasteiger partial charge in [-0.15, -0.1) is 0 Å². The van der Waals surface area contributed by atoms with Gasteiger partial charge in [0.2, 0.25) is 5.91 Å². The molecule has 0 aromatic carbocycles. The second-order valence-electron chi connectivity index (χ2n) is 3.15. The number of rotatable bonds is 6. The van der Waals surface area contributed by atoms with Crippen LogP contribution in [0.15, 0.2) is 0 Å². The van der Waals surface area contributed by atoms with Gasteiger partial charge in [0.05, 0.1) is 12.1 Å². The third-order valence-corrected chi connectivity index (χ3v) is 2.07. The van der Waals surface area contributed by atoms with Crippen molar-refractivity contribution in [1.82, 2.24) is 10.6 Å². The summed E-state index contributed by atoms with van der Waals surface area (Å²) in [5.41, 5.74) is 0. The number of amides is 1. The summed E-state index contributed by atoms with van der Waals surface area (Å²) in [7, 11) is 4.82. The zero-order chi connectivity index (χ0) is 11.1. The molecule has 5 nitrogen and oxygen atoms in total. The molecule has 0 aliphatic carbocycles. The Kier molecular flexibility index (Phi) is 6.44. The van der Waals surface area contributed by atoms with Crippen molar-refractivity contribution in [2.24, 2.45) is 0 Å². The topological polar surface area (TPSA) is 59.6 Å². The molecule has 0 radical (unpaired) electrons. The van der Waals surface area contributed by atoms with Crippen LogP contribution < -0.4 is 10.6 Å². The predicted octanol–water partition coefficient (Wildman–Crippen LogP) is -0.282. The number of carbonyl (C=O) groups is 1. The smallest absolute Gasteiger partial charge is 0.237 e. The molecule has 0 aliphatic rings. The summed E-state index contributed by atoms with van der Waals surface area (Å²) in [6.45, 7) is 3.62. The zero-order valence-corrected chi connectivity index (χ0v) is 9.46. The number of nitrogens with one attached hydrogen (secondary N) is 2. The number of likely N-dealkylation sites (N-methyl/N-ethyl adjacent to an activating group) is 1. The third-order valence-electron chi connectivity index (χ3n) is 2.07. The van der Waals surface area contributed by atoms with E-state index in [1.807, 2.05) is 6.92 Å². The van der Waals surface area contributed by atoms with Crippen molar-refractivity contribution >= 4 is 5.91 Å². The molecule has 1 amide bonds. The Balaban J connectivity index is 4.03. The Labute approximate surface area is 85.1 Å². The number of ether oxygens (including phenoxy) is 2. The van der Waals surface area contributed by atoms with Gasteiger partial charge in [-0.3, -0.25) is 4.79 Å². The van der Waals surface area contributed by atoms with E-state index in [0.717, 1.165) is 0 Å². The minimum Gasteiger partial charge on any atom is -0.354 e. The summed E-state index contributed by atoms with van der Waals surface area (Å²) in [5.74, 6) is -0.0703. The normalized spacial score (nSPS) is 15.3. The van der Waals surface area contributed by atoms with Crippen molar-refractivity contribution in [2.45, 2.75) is 32.2 Å². The van der Waals surface area contributed by atoms with Crippen molar-refractivity contribution in [1.29, 1.82) is 0 Å². The zero-order valence-electron chi connectivity index (χ0n) is 9.46. The highest BCUT2D eigenvalue weighted by Gasteiger charge is 2.20. The van der Waals surface area contributed by atoms with E-state index in [1.165, 1.54) is 0 Å². The SMILES string of the molecule is CNC(C)C(=O)NC(C)C(OC)OC. The minimum absolute atomic E-state index is 0.0703. The summed E-state index contributed by atoms with van der Waals surface area (Å²) < 4.78 is 10.0. The summed E-state index contributed by atoms with van der Waals surface area (Å²) >= 11 is 0. The number of methoxy groups -OCH3 is 2. The van der Waals surface area contributed by atoms with Crippen LogP contribution in [0.4, 0.5) is 0 Å². The second-order valence-corrected chi connectivity index (χ2v) is 3.15. The molecule has 5 heteroatoms. The molecule has 0 aromatic heterocycles. The van der Waals surface area contributed by atoms with E-state index < -0.39 is 6.29 Å². The Hall–Kier alpha value is -0.650. The van der Waals surface area contributed by atoms with Crippen LogP contribution in [-0.4, -0.2) is 45.5 Å². The Bertz CT molecular complexity index is 171. The van der Waals surface area contributed by atoms with Crippen molar-refractivity contribution in [3.05, 3.63) is 0 Å². The van der Waals surface area contributed by atoms with E-state index in [-0.39, 0.29) is 18.0 Å². The molecular weight excluding hydrogens is 184 g/mol. The number of hydrogen-bond donors (Lipinski definition) is 2. The quantitative estimate of drug-likeness (QED) is 0.584. The molecule has 0 saturated heterocycles. The molecule has 0 aliphatic heterocycles. The Morgan fingerprint density at radius 2 is 1.71 bits per heavy atom. The lowest BCUT2D eigenvalue weighted by Gasteiger charge is -2.23. The highest BCUT2D eigenvalue weighted by Crippen LogP contribution is 1.98. The largest absolute Gasteiger partial charge is 0.354 e. The summed E-state index contributed by atoms with van der Waals surface area (Å²) in [6, 6.07) is -0.389. The molecule has 14 heavy (non-hydrogen) atoms. The van der Waals surface area contributed by atoms with Gasteiger partial charge in [0.1, 0.15) is 0 Å². The van der Waals surface area contributed by atoms with Gasteiger partial charge in [0, 0.05) is 14.2 Å². The van der Waals surface area contributed by atoms with Gasteiger partial charge in [-0.2, -0.15) is 0 Å². The van der Waals surface area contributed by atoms with Gasteiger partial charge >= 0.3 is 0 Å². The van der Waals surface area contributed by atoms with E-state index in [0.29, 0.717) is 0 Å². The minimum atomic E-state index is -0.414. The average Bonchev–Trinajstić information content (AvgIpc) is 2.18. The lowest BCUT2D eigenvalue weighted by Crippen LogP contribution is -2.49. The van der Waals surface area contributed by atoms with E-state index in [9.17, 15) is 4.79 Å². The van der Waals surface area contributed by atoms with Crippen LogP contribution in [0.5, 0.6) is 0 Å². The average molecular weight is 204 g/mol. The summed E-state index contributed by atoms with van der Waals surface area (Å²) in [6.07, 6.45) is -0.414. The van der Waals surface area contributed by atoms with E-state index >= 15 is 0 Å². The Morgan fingerprint density at radius 3 is 2.07 bits per heavy atom. The summed E-state index contributed by atoms with van der Waals surface area (Å²) in [4.78, 5) is 11.4. The van der Waals surface area contributed by atoms with Gasteiger partial charge in [-0.1, -0.05) is 0 Å². The molecule has 0 bridgehead atoms.